The number of amides is 1. The van der Waals surface area contributed by atoms with Gasteiger partial charge in [-0.2, -0.15) is 0 Å². The van der Waals surface area contributed by atoms with Crippen molar-refractivity contribution < 1.29 is 14.7 Å². The minimum atomic E-state index is -0.737. The average Bonchev–Trinajstić information content (AvgIpc) is 2.89. The van der Waals surface area contributed by atoms with Gasteiger partial charge in [0.05, 0.1) is 12.5 Å². The van der Waals surface area contributed by atoms with E-state index in [1.54, 1.807) is 0 Å². The molecule has 1 aliphatic carbocycles. The zero-order chi connectivity index (χ0) is 14.5. The molecular weight excluding hydrogens is 256 g/mol. The summed E-state index contributed by atoms with van der Waals surface area (Å²) in [4.78, 5) is 27.4. The minimum absolute atomic E-state index is 0.172. The van der Waals surface area contributed by atoms with Gasteiger partial charge in [-0.15, -0.1) is 0 Å². The van der Waals surface area contributed by atoms with Gasteiger partial charge in [-0.1, -0.05) is 19.3 Å². The molecule has 114 valence electrons. The molecule has 0 spiro atoms. The van der Waals surface area contributed by atoms with E-state index in [0.717, 1.165) is 25.9 Å². The van der Waals surface area contributed by atoms with Gasteiger partial charge in [0.25, 0.3) is 0 Å². The van der Waals surface area contributed by atoms with E-state index in [9.17, 15) is 9.59 Å². The molecule has 0 bridgehead atoms. The summed E-state index contributed by atoms with van der Waals surface area (Å²) in [6.45, 7) is 4.43. The highest BCUT2D eigenvalue weighted by atomic mass is 16.4. The molecule has 0 aromatic rings. The van der Waals surface area contributed by atoms with Crippen LogP contribution in [0.3, 0.4) is 0 Å². The van der Waals surface area contributed by atoms with E-state index in [-0.39, 0.29) is 11.8 Å². The Labute approximate surface area is 120 Å². The largest absolute Gasteiger partial charge is 0.481 e. The molecule has 1 unspecified atom stereocenters. The maximum Gasteiger partial charge on any atom is 0.307 e. The normalized spacial score (nSPS) is 24.8. The van der Waals surface area contributed by atoms with Crippen molar-refractivity contribution in [1.29, 1.82) is 0 Å². The number of likely N-dealkylation sites (N-methyl/N-ethyl adjacent to an activating group) is 1. The van der Waals surface area contributed by atoms with E-state index >= 15 is 0 Å². The third-order valence-corrected chi connectivity index (χ3v) is 4.66. The molecule has 1 amide bonds. The van der Waals surface area contributed by atoms with Crippen LogP contribution in [-0.2, 0) is 9.59 Å². The fourth-order valence-corrected chi connectivity index (χ4v) is 3.49. The SMILES string of the molecule is CCN(C(=O)CN1CCC(C(=O)O)C1)C1CCCCC1. The Balaban J connectivity index is 1.85. The van der Waals surface area contributed by atoms with Crippen LogP contribution in [-0.4, -0.2) is 59.0 Å². The predicted octanol–water partition coefficient (Wildman–Crippen LogP) is 1.57. The molecule has 2 rings (SSSR count). The van der Waals surface area contributed by atoms with Crippen molar-refractivity contribution >= 4 is 11.9 Å². The zero-order valence-corrected chi connectivity index (χ0v) is 12.4. The average molecular weight is 282 g/mol. The monoisotopic (exact) mass is 282 g/mol. The van der Waals surface area contributed by atoms with Crippen LogP contribution in [0.4, 0.5) is 0 Å². The van der Waals surface area contributed by atoms with E-state index in [1.807, 2.05) is 16.7 Å². The number of nitrogens with zero attached hydrogens (tertiary/aromatic N) is 2. The lowest BCUT2D eigenvalue weighted by Crippen LogP contribution is -2.46. The van der Waals surface area contributed by atoms with Crippen LogP contribution in [0, 0.1) is 5.92 Å². The minimum Gasteiger partial charge on any atom is -0.481 e. The van der Waals surface area contributed by atoms with Gasteiger partial charge in [-0.05, 0) is 32.7 Å². The molecule has 0 radical (unpaired) electrons. The van der Waals surface area contributed by atoms with Crippen molar-refractivity contribution in [3.05, 3.63) is 0 Å². The summed E-state index contributed by atoms with van der Waals surface area (Å²) in [5.74, 6) is -0.863. The quantitative estimate of drug-likeness (QED) is 0.831. The molecule has 5 nitrogen and oxygen atoms in total. The lowest BCUT2D eigenvalue weighted by atomic mass is 9.94. The number of carbonyl (C=O) groups excluding carboxylic acids is 1. The first kappa shape index (κ1) is 15.3. The smallest absolute Gasteiger partial charge is 0.307 e. The number of carboxylic acids is 1. The van der Waals surface area contributed by atoms with Crippen LogP contribution in [0.2, 0.25) is 0 Å². The van der Waals surface area contributed by atoms with Crippen LogP contribution in [0.15, 0.2) is 0 Å². The Kier molecular flexibility index (Phi) is 5.40. The summed E-state index contributed by atoms with van der Waals surface area (Å²) < 4.78 is 0. The molecule has 1 saturated heterocycles. The summed E-state index contributed by atoms with van der Waals surface area (Å²) in [6.07, 6.45) is 6.64. The second-order valence-corrected chi connectivity index (χ2v) is 6.03. The Morgan fingerprint density at radius 3 is 2.45 bits per heavy atom. The summed E-state index contributed by atoms with van der Waals surface area (Å²) in [5.41, 5.74) is 0. The van der Waals surface area contributed by atoms with Crippen molar-refractivity contribution in [3.8, 4) is 0 Å². The zero-order valence-electron chi connectivity index (χ0n) is 12.4. The molecule has 1 aliphatic heterocycles. The third kappa shape index (κ3) is 3.72. The first-order valence-corrected chi connectivity index (χ1v) is 7.86. The van der Waals surface area contributed by atoms with Crippen molar-refractivity contribution in [3.63, 3.8) is 0 Å². The topological polar surface area (TPSA) is 60.9 Å². The summed E-state index contributed by atoms with van der Waals surface area (Å²) in [6, 6.07) is 0.402. The van der Waals surface area contributed by atoms with Crippen LogP contribution in [0.5, 0.6) is 0 Å². The van der Waals surface area contributed by atoms with Gasteiger partial charge in [-0.3, -0.25) is 14.5 Å². The lowest BCUT2D eigenvalue weighted by molar-refractivity contribution is -0.142. The Morgan fingerprint density at radius 2 is 1.90 bits per heavy atom. The van der Waals surface area contributed by atoms with Gasteiger partial charge in [0.15, 0.2) is 0 Å². The maximum absolute atomic E-state index is 12.4. The Bertz CT molecular complexity index is 353. The van der Waals surface area contributed by atoms with E-state index in [2.05, 4.69) is 0 Å². The third-order valence-electron chi connectivity index (χ3n) is 4.66. The van der Waals surface area contributed by atoms with Crippen LogP contribution >= 0.6 is 0 Å². The maximum atomic E-state index is 12.4. The van der Waals surface area contributed by atoms with E-state index in [1.165, 1.54) is 19.3 Å². The second kappa shape index (κ2) is 7.07. The van der Waals surface area contributed by atoms with Crippen molar-refractivity contribution in [2.75, 3.05) is 26.2 Å². The Hall–Kier alpha value is -1.10. The number of carboxylic acid groups (broad SMARTS) is 1. The number of likely N-dealkylation sites (tertiary alicyclic amines) is 1. The first-order chi connectivity index (χ1) is 9.61. The molecule has 0 aromatic heterocycles. The van der Waals surface area contributed by atoms with Gasteiger partial charge in [0.2, 0.25) is 5.91 Å². The highest BCUT2D eigenvalue weighted by Gasteiger charge is 2.31. The molecular formula is C15H26N2O3. The van der Waals surface area contributed by atoms with Crippen molar-refractivity contribution in [2.24, 2.45) is 5.92 Å². The molecule has 5 heteroatoms. The van der Waals surface area contributed by atoms with Crippen molar-refractivity contribution in [1.82, 2.24) is 9.80 Å². The van der Waals surface area contributed by atoms with Crippen LogP contribution < -0.4 is 0 Å². The molecule has 1 saturated carbocycles. The van der Waals surface area contributed by atoms with Gasteiger partial charge in [-0.25, -0.2) is 0 Å². The number of hydrogen-bond donors (Lipinski definition) is 1. The number of aliphatic carboxylic acids is 1. The highest BCUT2D eigenvalue weighted by molar-refractivity contribution is 5.79. The molecule has 1 heterocycles. The summed E-state index contributed by atoms with van der Waals surface area (Å²) in [7, 11) is 0. The standard InChI is InChI=1S/C15H26N2O3/c1-2-17(13-6-4-3-5-7-13)14(18)11-16-9-8-12(10-16)15(19)20/h12-13H,2-11H2,1H3,(H,19,20). The first-order valence-electron chi connectivity index (χ1n) is 7.86. The van der Waals surface area contributed by atoms with E-state index < -0.39 is 5.97 Å². The van der Waals surface area contributed by atoms with Crippen LogP contribution in [0.1, 0.15) is 45.4 Å². The molecule has 20 heavy (non-hydrogen) atoms. The number of hydrogen-bond acceptors (Lipinski definition) is 3. The summed E-state index contributed by atoms with van der Waals surface area (Å²) in [5, 5.41) is 9.00. The Morgan fingerprint density at radius 1 is 1.20 bits per heavy atom. The number of rotatable bonds is 5. The fraction of sp³-hybridized carbons (Fsp3) is 0.867. The van der Waals surface area contributed by atoms with E-state index in [4.69, 9.17) is 5.11 Å². The predicted molar refractivity (Wildman–Crippen MR) is 76.4 cm³/mol. The van der Waals surface area contributed by atoms with Crippen molar-refractivity contribution in [2.45, 2.75) is 51.5 Å². The van der Waals surface area contributed by atoms with Gasteiger partial charge < -0.3 is 10.0 Å². The second-order valence-electron chi connectivity index (χ2n) is 6.03. The molecule has 2 fully saturated rings. The fourth-order valence-electron chi connectivity index (χ4n) is 3.49. The van der Waals surface area contributed by atoms with Gasteiger partial charge in [0.1, 0.15) is 0 Å². The molecule has 1 atom stereocenters. The highest BCUT2D eigenvalue weighted by Crippen LogP contribution is 2.23. The van der Waals surface area contributed by atoms with Crippen LogP contribution in [0.25, 0.3) is 0 Å². The lowest BCUT2D eigenvalue weighted by Gasteiger charge is -2.34. The molecule has 1 N–H and O–H groups in total. The summed E-state index contributed by atoms with van der Waals surface area (Å²) >= 11 is 0. The van der Waals surface area contributed by atoms with Gasteiger partial charge in [0, 0.05) is 19.1 Å². The van der Waals surface area contributed by atoms with Gasteiger partial charge >= 0.3 is 5.97 Å². The van der Waals surface area contributed by atoms with E-state index in [0.29, 0.717) is 25.6 Å². The number of carbonyl (C=O) groups is 2. The molecule has 0 aromatic carbocycles. The molecule has 2 aliphatic rings.